The molecule has 0 saturated carbocycles. The number of carbonyl (C=O) groups excluding carboxylic acids is 2. The van der Waals surface area contributed by atoms with Crippen LogP contribution in [-0.4, -0.2) is 77.5 Å². The smallest absolute Gasteiger partial charge is 0.219 e. The van der Waals surface area contributed by atoms with E-state index in [4.69, 9.17) is 9.47 Å². The molecule has 1 fully saturated rings. The molecule has 9 nitrogen and oxygen atoms in total. The Hall–Kier alpha value is -1.26. The zero-order chi connectivity index (χ0) is 18.1. The molecule has 0 bridgehead atoms. The van der Waals surface area contributed by atoms with Crippen LogP contribution in [0.25, 0.3) is 0 Å². The summed E-state index contributed by atoms with van der Waals surface area (Å²) in [6, 6.07) is -0.949. The van der Waals surface area contributed by atoms with E-state index in [1.807, 2.05) is 6.92 Å². The molecule has 1 aliphatic heterocycles. The van der Waals surface area contributed by atoms with Crippen LogP contribution in [-0.2, 0) is 19.1 Å². The Morgan fingerprint density at radius 3 is 2.54 bits per heavy atom. The first-order chi connectivity index (χ1) is 11.4. The minimum absolute atomic E-state index is 0.0265. The Morgan fingerprint density at radius 1 is 1.25 bits per heavy atom. The van der Waals surface area contributed by atoms with Crippen LogP contribution in [0.2, 0.25) is 0 Å². The normalized spacial score (nSPS) is 30.0. The molecule has 24 heavy (non-hydrogen) atoms. The van der Waals surface area contributed by atoms with Crippen molar-refractivity contribution >= 4 is 11.8 Å². The lowest BCUT2D eigenvalue weighted by molar-refractivity contribution is -0.270. The highest BCUT2D eigenvalue weighted by Crippen LogP contribution is 2.22. The van der Waals surface area contributed by atoms with Gasteiger partial charge in [-0.3, -0.25) is 9.59 Å². The van der Waals surface area contributed by atoms with E-state index in [1.54, 1.807) is 0 Å². The fraction of sp³-hybridized carbons (Fsp3) is 0.867. The summed E-state index contributed by atoms with van der Waals surface area (Å²) >= 11 is 0. The van der Waals surface area contributed by atoms with Crippen LogP contribution in [0.1, 0.15) is 33.1 Å². The maximum Gasteiger partial charge on any atom is 0.219 e. The number of amides is 2. The Balaban J connectivity index is 2.48. The number of carbonyl (C=O) groups is 2. The summed E-state index contributed by atoms with van der Waals surface area (Å²) in [5.74, 6) is -0.431. The largest absolute Gasteiger partial charge is 0.394 e. The van der Waals surface area contributed by atoms with Crippen LogP contribution in [0.3, 0.4) is 0 Å². The molecule has 0 aliphatic carbocycles. The lowest BCUT2D eigenvalue weighted by atomic mass is 9.97. The predicted molar refractivity (Wildman–Crippen MR) is 83.9 cm³/mol. The van der Waals surface area contributed by atoms with Gasteiger partial charge in [0, 0.05) is 19.9 Å². The Bertz CT molecular complexity index is 407. The third-order valence-corrected chi connectivity index (χ3v) is 3.65. The SMILES string of the molecule is CCCC(=O)NCCCO[C@@H]1O[C@H](CO)[C@H](O)[C@H](O)[C@H]1NC(C)=O. The van der Waals surface area contributed by atoms with E-state index in [1.165, 1.54) is 6.92 Å². The molecule has 0 spiro atoms. The van der Waals surface area contributed by atoms with Gasteiger partial charge < -0.3 is 35.4 Å². The maximum absolute atomic E-state index is 11.3. The molecular weight excluding hydrogens is 320 g/mol. The number of ether oxygens (including phenoxy) is 2. The molecule has 0 aromatic heterocycles. The van der Waals surface area contributed by atoms with Crippen molar-refractivity contribution in [1.29, 1.82) is 0 Å². The van der Waals surface area contributed by atoms with Crippen LogP contribution >= 0.6 is 0 Å². The summed E-state index contributed by atoms with van der Waals surface area (Å²) in [4.78, 5) is 22.6. The van der Waals surface area contributed by atoms with Gasteiger partial charge in [0.25, 0.3) is 0 Å². The highest BCUT2D eigenvalue weighted by molar-refractivity contribution is 5.75. The standard InChI is InChI=1S/C15H28N2O7/c1-3-5-11(20)16-6-4-7-23-15-12(17-9(2)19)14(22)13(21)10(8-18)24-15/h10,12-15,18,21-22H,3-8H2,1-2H3,(H,16,20)(H,17,19)/t10-,12-,13+,14-,15-/m1/s1. The Morgan fingerprint density at radius 2 is 1.96 bits per heavy atom. The molecule has 140 valence electrons. The van der Waals surface area contributed by atoms with Gasteiger partial charge in [-0.05, 0) is 12.8 Å². The second kappa shape index (κ2) is 10.6. The van der Waals surface area contributed by atoms with Gasteiger partial charge in [-0.15, -0.1) is 0 Å². The van der Waals surface area contributed by atoms with Crippen molar-refractivity contribution in [1.82, 2.24) is 10.6 Å². The number of nitrogens with one attached hydrogen (secondary N) is 2. The fourth-order valence-electron chi connectivity index (χ4n) is 2.43. The van der Waals surface area contributed by atoms with Crippen molar-refractivity contribution in [2.75, 3.05) is 19.8 Å². The van der Waals surface area contributed by atoms with Crippen molar-refractivity contribution in [3.8, 4) is 0 Å². The molecule has 0 unspecified atom stereocenters. The summed E-state index contributed by atoms with van der Waals surface area (Å²) in [7, 11) is 0. The number of aliphatic hydroxyl groups excluding tert-OH is 3. The molecule has 1 heterocycles. The van der Waals surface area contributed by atoms with Crippen molar-refractivity contribution in [3.63, 3.8) is 0 Å². The summed E-state index contributed by atoms with van der Waals surface area (Å²) in [6.07, 6.45) is -2.90. The van der Waals surface area contributed by atoms with Crippen LogP contribution in [0.15, 0.2) is 0 Å². The molecule has 5 atom stereocenters. The lowest BCUT2D eigenvalue weighted by Gasteiger charge is -2.42. The predicted octanol–water partition coefficient (Wildman–Crippen LogP) is -1.75. The second-order valence-electron chi connectivity index (χ2n) is 5.76. The number of rotatable bonds is 9. The highest BCUT2D eigenvalue weighted by Gasteiger charge is 2.45. The maximum atomic E-state index is 11.3. The third kappa shape index (κ3) is 6.33. The molecular formula is C15H28N2O7. The van der Waals surface area contributed by atoms with Crippen molar-refractivity contribution in [2.24, 2.45) is 0 Å². The third-order valence-electron chi connectivity index (χ3n) is 3.65. The average Bonchev–Trinajstić information content (AvgIpc) is 2.53. The number of hydrogen-bond acceptors (Lipinski definition) is 7. The molecule has 0 aromatic rings. The van der Waals surface area contributed by atoms with Gasteiger partial charge >= 0.3 is 0 Å². The van der Waals surface area contributed by atoms with Gasteiger partial charge in [0.1, 0.15) is 24.4 Å². The molecule has 5 N–H and O–H groups in total. The zero-order valence-corrected chi connectivity index (χ0v) is 14.1. The van der Waals surface area contributed by atoms with Crippen molar-refractivity contribution in [2.45, 2.75) is 63.8 Å². The van der Waals surface area contributed by atoms with Crippen molar-refractivity contribution in [3.05, 3.63) is 0 Å². The van der Waals surface area contributed by atoms with E-state index in [2.05, 4.69) is 10.6 Å². The van der Waals surface area contributed by atoms with Gasteiger partial charge in [0.15, 0.2) is 6.29 Å². The van der Waals surface area contributed by atoms with Gasteiger partial charge in [0.2, 0.25) is 11.8 Å². The van der Waals surface area contributed by atoms with E-state index >= 15 is 0 Å². The Kier molecular flexibility index (Phi) is 9.16. The number of aliphatic hydroxyl groups is 3. The lowest BCUT2D eigenvalue weighted by Crippen LogP contribution is -2.64. The van der Waals surface area contributed by atoms with Crippen molar-refractivity contribution < 1.29 is 34.4 Å². The second-order valence-corrected chi connectivity index (χ2v) is 5.76. The summed E-state index contributed by atoms with van der Waals surface area (Å²) in [6.45, 7) is 3.36. The first-order valence-corrected chi connectivity index (χ1v) is 8.18. The molecule has 1 rings (SSSR count). The van der Waals surface area contributed by atoms with Gasteiger partial charge in [-0.1, -0.05) is 6.92 Å². The highest BCUT2D eigenvalue weighted by atomic mass is 16.7. The first-order valence-electron chi connectivity index (χ1n) is 8.18. The average molecular weight is 348 g/mol. The summed E-state index contributed by atoms with van der Waals surface area (Å²) in [5, 5.41) is 34.4. The van der Waals surface area contributed by atoms with Crippen LogP contribution in [0.4, 0.5) is 0 Å². The quantitative estimate of drug-likeness (QED) is 0.312. The number of hydrogen-bond donors (Lipinski definition) is 5. The molecule has 0 aromatic carbocycles. The monoisotopic (exact) mass is 348 g/mol. The van der Waals surface area contributed by atoms with Crippen LogP contribution < -0.4 is 10.6 Å². The van der Waals surface area contributed by atoms with Crippen LogP contribution in [0, 0.1) is 0 Å². The van der Waals surface area contributed by atoms with E-state index in [-0.39, 0.29) is 12.5 Å². The molecule has 1 saturated heterocycles. The van der Waals surface area contributed by atoms with E-state index in [9.17, 15) is 24.9 Å². The molecule has 2 amide bonds. The summed E-state index contributed by atoms with van der Waals surface area (Å²) < 4.78 is 10.9. The fourth-order valence-corrected chi connectivity index (χ4v) is 2.43. The topological polar surface area (TPSA) is 137 Å². The summed E-state index contributed by atoms with van der Waals surface area (Å²) in [5.41, 5.74) is 0. The van der Waals surface area contributed by atoms with E-state index < -0.39 is 43.2 Å². The van der Waals surface area contributed by atoms with Gasteiger partial charge in [-0.2, -0.15) is 0 Å². The Labute approximate surface area is 141 Å². The molecule has 1 aliphatic rings. The van der Waals surface area contributed by atoms with Crippen LogP contribution in [0.5, 0.6) is 0 Å². The first kappa shape index (κ1) is 20.8. The minimum atomic E-state index is -1.33. The minimum Gasteiger partial charge on any atom is -0.394 e. The van der Waals surface area contributed by atoms with Gasteiger partial charge in [-0.25, -0.2) is 0 Å². The van der Waals surface area contributed by atoms with Gasteiger partial charge in [0.05, 0.1) is 13.2 Å². The van der Waals surface area contributed by atoms with E-state index in [0.717, 1.165) is 6.42 Å². The zero-order valence-electron chi connectivity index (χ0n) is 14.1. The molecule has 9 heteroatoms. The van der Waals surface area contributed by atoms with E-state index in [0.29, 0.717) is 19.4 Å². The molecule has 0 radical (unpaired) electrons.